The largest absolute Gasteiger partial charge is 0.508 e. The van der Waals surface area contributed by atoms with E-state index in [1.165, 1.54) is 11.3 Å². The SMILES string of the molecule is COc1ccc(-c2cnc(Nc3ccc4c(c3O)C(O)=C3C(=O)[C@]5(O)C(O)=C(C(N)=O)C(=O)C[C@@H]5C[C@@H]3C4)s2)cc1. The van der Waals surface area contributed by atoms with E-state index in [1.54, 1.807) is 25.4 Å². The van der Waals surface area contributed by atoms with E-state index in [2.05, 4.69) is 10.3 Å². The van der Waals surface area contributed by atoms with Crippen molar-refractivity contribution in [3.8, 4) is 21.9 Å². The second kappa shape index (κ2) is 9.46. The lowest BCUT2D eigenvalue weighted by Gasteiger charge is -2.46. The number of ether oxygens (including phenoxy) is 1. The Morgan fingerprint density at radius 1 is 1.12 bits per heavy atom. The number of primary amides is 1. The van der Waals surface area contributed by atoms with Gasteiger partial charge in [0, 0.05) is 24.1 Å². The number of phenolic OH excluding ortho intramolecular Hbond substituents is 1. The minimum absolute atomic E-state index is 0.00839. The maximum absolute atomic E-state index is 13.6. The number of carbonyl (C=O) groups excluding carboxylic acids is 3. The summed E-state index contributed by atoms with van der Waals surface area (Å²) < 4.78 is 5.19. The predicted octanol–water partition coefficient (Wildman–Crippen LogP) is 3.30. The maximum atomic E-state index is 13.6. The number of aromatic hydroxyl groups is 1. The van der Waals surface area contributed by atoms with E-state index in [1.807, 2.05) is 24.3 Å². The maximum Gasteiger partial charge on any atom is 0.255 e. The van der Waals surface area contributed by atoms with Crippen molar-refractivity contribution in [2.45, 2.75) is 24.9 Å². The van der Waals surface area contributed by atoms with Crippen LogP contribution in [-0.2, 0) is 20.8 Å². The van der Waals surface area contributed by atoms with Crippen LogP contribution in [-0.4, -0.2) is 55.6 Å². The quantitative estimate of drug-likeness (QED) is 0.194. The normalized spacial score (nSPS) is 23.6. The number of anilines is 2. The number of nitrogens with zero attached hydrogens (tertiary/aromatic N) is 1. The summed E-state index contributed by atoms with van der Waals surface area (Å²) in [6, 6.07) is 10.8. The number of ketones is 2. The molecule has 6 rings (SSSR count). The summed E-state index contributed by atoms with van der Waals surface area (Å²) >= 11 is 1.34. The highest BCUT2D eigenvalue weighted by molar-refractivity contribution is 7.19. The first kappa shape index (κ1) is 26.5. The lowest BCUT2D eigenvalue weighted by molar-refractivity contribution is -0.147. The number of carbonyl (C=O) groups is 3. The van der Waals surface area contributed by atoms with Gasteiger partial charge in [0.1, 0.15) is 28.6 Å². The van der Waals surface area contributed by atoms with Gasteiger partial charge in [0.05, 0.1) is 23.2 Å². The van der Waals surface area contributed by atoms with Gasteiger partial charge in [-0.05, 0) is 60.2 Å². The Kier molecular flexibility index (Phi) is 6.12. The zero-order chi connectivity index (χ0) is 29.2. The number of hydrogen-bond acceptors (Lipinski definition) is 11. The lowest BCUT2D eigenvalue weighted by Crippen LogP contribution is -2.58. The molecular weight excluding hydrogens is 550 g/mol. The highest BCUT2D eigenvalue weighted by Crippen LogP contribution is 2.52. The average Bonchev–Trinajstić information content (AvgIpc) is 3.40. The van der Waals surface area contributed by atoms with Crippen molar-refractivity contribution in [3.05, 3.63) is 70.6 Å². The minimum Gasteiger partial charge on any atom is -0.508 e. The molecular formula is C29H25N3O8S. The number of thiazole rings is 1. The number of Topliss-reactive ketones (excluding diaryl/α,β-unsaturated/α-hetero) is 2. The molecule has 12 heteroatoms. The fraction of sp³-hybridized carbons (Fsp3) is 0.241. The molecule has 0 saturated heterocycles. The van der Waals surface area contributed by atoms with E-state index in [0.717, 1.165) is 16.2 Å². The Hall–Kier alpha value is -4.68. The molecule has 1 fully saturated rings. The second-order valence-corrected chi connectivity index (χ2v) is 11.3. The molecule has 41 heavy (non-hydrogen) atoms. The van der Waals surface area contributed by atoms with Crippen LogP contribution in [0, 0.1) is 11.8 Å². The molecule has 3 aliphatic rings. The zero-order valence-corrected chi connectivity index (χ0v) is 22.5. The highest BCUT2D eigenvalue weighted by Gasteiger charge is 2.60. The van der Waals surface area contributed by atoms with Crippen LogP contribution in [0.25, 0.3) is 16.2 Å². The van der Waals surface area contributed by atoms with Gasteiger partial charge >= 0.3 is 0 Å². The van der Waals surface area contributed by atoms with Gasteiger partial charge in [0.15, 0.2) is 16.5 Å². The number of rotatable bonds is 5. The zero-order valence-electron chi connectivity index (χ0n) is 21.7. The fourth-order valence-electron chi connectivity index (χ4n) is 6.03. The van der Waals surface area contributed by atoms with Gasteiger partial charge in [-0.3, -0.25) is 14.4 Å². The first-order valence-electron chi connectivity index (χ1n) is 12.7. The molecule has 210 valence electrons. The topological polar surface area (TPSA) is 192 Å². The molecule has 3 aliphatic carbocycles. The van der Waals surface area contributed by atoms with E-state index in [-0.39, 0.29) is 41.8 Å². The molecule has 3 atom stereocenters. The van der Waals surface area contributed by atoms with Crippen LogP contribution in [0.2, 0.25) is 0 Å². The van der Waals surface area contributed by atoms with Crippen LogP contribution in [0.3, 0.4) is 0 Å². The predicted molar refractivity (Wildman–Crippen MR) is 149 cm³/mol. The molecule has 0 radical (unpaired) electrons. The van der Waals surface area contributed by atoms with Gasteiger partial charge < -0.3 is 36.2 Å². The first-order valence-corrected chi connectivity index (χ1v) is 13.6. The number of hydrogen-bond donors (Lipinski definition) is 6. The fourth-order valence-corrected chi connectivity index (χ4v) is 6.87. The minimum atomic E-state index is -2.60. The molecule has 0 bridgehead atoms. The summed E-state index contributed by atoms with van der Waals surface area (Å²) in [4.78, 5) is 43.1. The van der Waals surface area contributed by atoms with Crippen molar-refractivity contribution in [1.29, 1.82) is 0 Å². The number of aliphatic hydroxyl groups is 3. The van der Waals surface area contributed by atoms with Crippen molar-refractivity contribution >= 4 is 45.4 Å². The van der Waals surface area contributed by atoms with Gasteiger partial charge in [0.25, 0.3) is 5.91 Å². The summed E-state index contributed by atoms with van der Waals surface area (Å²) in [6.07, 6.45) is 1.64. The van der Waals surface area contributed by atoms with Crippen LogP contribution >= 0.6 is 11.3 Å². The van der Waals surface area contributed by atoms with E-state index < -0.39 is 52.0 Å². The van der Waals surface area contributed by atoms with Crippen LogP contribution in [0.1, 0.15) is 24.0 Å². The van der Waals surface area contributed by atoms with E-state index in [4.69, 9.17) is 10.5 Å². The number of amides is 1. The molecule has 0 unspecified atom stereocenters. The monoisotopic (exact) mass is 575 g/mol. The van der Waals surface area contributed by atoms with E-state index in [0.29, 0.717) is 10.7 Å². The summed E-state index contributed by atoms with van der Waals surface area (Å²) in [5.74, 6) is -5.88. The molecule has 7 N–H and O–H groups in total. The third kappa shape index (κ3) is 3.98. The Balaban J connectivity index is 1.35. The van der Waals surface area contributed by atoms with Crippen molar-refractivity contribution in [1.82, 2.24) is 4.98 Å². The molecule has 0 spiro atoms. The average molecular weight is 576 g/mol. The molecule has 1 heterocycles. The number of nitrogens with one attached hydrogen (secondary N) is 1. The van der Waals surface area contributed by atoms with E-state index >= 15 is 0 Å². The number of nitrogens with two attached hydrogens (primary N) is 1. The number of fused-ring (bicyclic) bond motifs is 3. The molecule has 11 nitrogen and oxygen atoms in total. The van der Waals surface area contributed by atoms with Gasteiger partial charge in [-0.1, -0.05) is 17.4 Å². The molecule has 1 saturated carbocycles. The number of aromatic nitrogens is 1. The lowest BCUT2D eigenvalue weighted by atomic mass is 9.59. The number of phenols is 1. The van der Waals surface area contributed by atoms with Crippen LogP contribution < -0.4 is 15.8 Å². The highest BCUT2D eigenvalue weighted by atomic mass is 32.1. The number of methoxy groups -OCH3 is 1. The summed E-state index contributed by atoms with van der Waals surface area (Å²) in [5, 5.41) is 48.1. The third-order valence-electron chi connectivity index (χ3n) is 8.06. The first-order chi connectivity index (χ1) is 19.5. The second-order valence-electron chi connectivity index (χ2n) is 10.3. The van der Waals surface area contributed by atoms with Crippen molar-refractivity contribution in [2.75, 3.05) is 12.4 Å². The molecule has 2 aromatic carbocycles. The Morgan fingerprint density at radius 2 is 1.85 bits per heavy atom. The van der Waals surface area contributed by atoms with E-state index in [9.17, 15) is 34.8 Å². The summed E-state index contributed by atoms with van der Waals surface area (Å²) in [6.45, 7) is 0. The van der Waals surface area contributed by atoms with Gasteiger partial charge in [-0.25, -0.2) is 4.98 Å². The van der Waals surface area contributed by atoms with Gasteiger partial charge in [-0.15, -0.1) is 0 Å². The van der Waals surface area contributed by atoms with Crippen molar-refractivity contribution in [2.24, 2.45) is 17.6 Å². The molecule has 3 aromatic rings. The van der Waals surface area contributed by atoms with Gasteiger partial charge in [0.2, 0.25) is 5.78 Å². The standard InChI is InChI=1S/C29H25N3O8S/c1-40-16-5-2-12(3-6-16)19-11-31-28(41-19)32-17-7-4-13-8-14-9-15-10-18(33)22(27(30)38)26(37)29(15,39)25(36)21(14)24(35)20(13)23(17)34/h2-7,11,14-15,34-35,37,39H,8-10H2,1H3,(H2,30,38)(H,31,32)/t14-,15-,29-/m0/s1. The Bertz CT molecular complexity index is 1710. The number of benzene rings is 2. The van der Waals surface area contributed by atoms with Crippen LogP contribution in [0.4, 0.5) is 10.8 Å². The van der Waals surface area contributed by atoms with Gasteiger partial charge in [-0.2, -0.15) is 0 Å². The molecule has 0 aliphatic heterocycles. The van der Waals surface area contributed by atoms with Crippen LogP contribution in [0.5, 0.6) is 11.5 Å². The van der Waals surface area contributed by atoms with Crippen LogP contribution in [0.15, 0.2) is 59.5 Å². The Morgan fingerprint density at radius 3 is 2.54 bits per heavy atom. The Labute approximate surface area is 237 Å². The summed E-state index contributed by atoms with van der Waals surface area (Å²) in [5.41, 5.74) is 3.35. The third-order valence-corrected chi connectivity index (χ3v) is 9.02. The van der Waals surface area contributed by atoms with Crippen molar-refractivity contribution < 1.29 is 39.5 Å². The summed E-state index contributed by atoms with van der Waals surface area (Å²) in [7, 11) is 1.59. The molecule has 1 aromatic heterocycles. The smallest absolute Gasteiger partial charge is 0.255 e. The molecule has 1 amide bonds. The van der Waals surface area contributed by atoms with Crippen molar-refractivity contribution in [3.63, 3.8) is 0 Å². The number of aliphatic hydroxyl groups excluding tert-OH is 2.